The molecule has 1 unspecified atom stereocenters. The molecule has 0 radical (unpaired) electrons. The Bertz CT molecular complexity index is 558. The van der Waals surface area contributed by atoms with Gasteiger partial charge in [-0.05, 0) is 45.7 Å². The molecule has 4 nitrogen and oxygen atoms in total. The molecule has 0 saturated carbocycles. The number of ether oxygens (including phenoxy) is 1. The lowest BCUT2D eigenvalue weighted by atomic mass is 9.93. The number of nitrogens with zero attached hydrogens (tertiary/aromatic N) is 1. The van der Waals surface area contributed by atoms with E-state index in [9.17, 15) is 9.59 Å². The Hall–Kier alpha value is -1.68. The van der Waals surface area contributed by atoms with Crippen LogP contribution in [0.5, 0.6) is 0 Å². The van der Waals surface area contributed by atoms with Crippen molar-refractivity contribution in [3.05, 3.63) is 35.4 Å². The first-order chi connectivity index (χ1) is 9.36. The Morgan fingerprint density at radius 3 is 2.00 bits per heavy atom. The summed E-state index contributed by atoms with van der Waals surface area (Å²) in [6.45, 7) is 6.67. The maximum atomic E-state index is 12.2. The van der Waals surface area contributed by atoms with E-state index in [0.717, 1.165) is 12.8 Å². The van der Waals surface area contributed by atoms with Crippen molar-refractivity contribution in [1.82, 2.24) is 4.90 Å². The van der Waals surface area contributed by atoms with Gasteiger partial charge in [-0.15, -0.1) is 0 Å². The van der Waals surface area contributed by atoms with Crippen LogP contribution in [0.25, 0.3) is 0 Å². The minimum atomic E-state index is -0.174. The Kier molecular flexibility index (Phi) is 2.77. The molecular formula is C16H19NO3. The fourth-order valence-corrected chi connectivity index (χ4v) is 2.91. The van der Waals surface area contributed by atoms with Gasteiger partial charge in [-0.25, -0.2) is 0 Å². The molecule has 0 aliphatic carbocycles. The third kappa shape index (κ3) is 1.86. The second-order valence-corrected chi connectivity index (χ2v) is 6.25. The normalized spacial score (nSPS) is 26.9. The minimum absolute atomic E-state index is 0.0883. The molecule has 2 amide bonds. The van der Waals surface area contributed by atoms with E-state index >= 15 is 0 Å². The van der Waals surface area contributed by atoms with Gasteiger partial charge in [-0.1, -0.05) is 12.1 Å². The maximum absolute atomic E-state index is 12.2. The Morgan fingerprint density at radius 1 is 1.05 bits per heavy atom. The molecule has 20 heavy (non-hydrogen) atoms. The van der Waals surface area contributed by atoms with E-state index in [-0.39, 0.29) is 23.0 Å². The van der Waals surface area contributed by atoms with Crippen LogP contribution in [-0.4, -0.2) is 34.5 Å². The van der Waals surface area contributed by atoms with Gasteiger partial charge >= 0.3 is 0 Å². The number of benzene rings is 1. The smallest absolute Gasteiger partial charge is 0.261 e. The van der Waals surface area contributed by atoms with Crippen molar-refractivity contribution < 1.29 is 14.3 Å². The summed E-state index contributed by atoms with van der Waals surface area (Å²) < 4.78 is 5.68. The van der Waals surface area contributed by atoms with Gasteiger partial charge in [0.15, 0.2) is 0 Å². The average Bonchev–Trinajstić information content (AvgIpc) is 2.81. The quantitative estimate of drug-likeness (QED) is 0.626. The van der Waals surface area contributed by atoms with Gasteiger partial charge in [-0.3, -0.25) is 14.5 Å². The first-order valence-electron chi connectivity index (χ1n) is 7.01. The van der Waals surface area contributed by atoms with E-state index in [1.165, 1.54) is 4.90 Å². The van der Waals surface area contributed by atoms with Crippen LogP contribution < -0.4 is 0 Å². The van der Waals surface area contributed by atoms with Gasteiger partial charge in [-0.2, -0.15) is 0 Å². The van der Waals surface area contributed by atoms with E-state index < -0.39 is 0 Å². The number of fused-ring (bicyclic) bond motifs is 1. The summed E-state index contributed by atoms with van der Waals surface area (Å²) in [5, 5.41) is 0. The number of epoxide rings is 1. The average molecular weight is 273 g/mol. The summed E-state index contributed by atoms with van der Waals surface area (Å²) >= 11 is 0. The lowest BCUT2D eigenvalue weighted by Crippen LogP contribution is -2.31. The summed E-state index contributed by atoms with van der Waals surface area (Å²) in [4.78, 5) is 25.7. The summed E-state index contributed by atoms with van der Waals surface area (Å²) in [7, 11) is 0. The van der Waals surface area contributed by atoms with Gasteiger partial charge in [0.2, 0.25) is 0 Å². The predicted octanol–water partition coefficient (Wildman–Crippen LogP) is 2.63. The van der Waals surface area contributed by atoms with Crippen LogP contribution in [0, 0.1) is 0 Å². The fraction of sp³-hybridized carbons (Fsp3) is 0.500. The van der Waals surface area contributed by atoms with Crippen LogP contribution >= 0.6 is 0 Å². The molecule has 0 spiro atoms. The molecule has 2 aliphatic heterocycles. The van der Waals surface area contributed by atoms with E-state index in [0.29, 0.717) is 17.7 Å². The van der Waals surface area contributed by atoms with Crippen molar-refractivity contribution >= 4 is 11.8 Å². The van der Waals surface area contributed by atoms with Crippen molar-refractivity contribution in [1.29, 1.82) is 0 Å². The zero-order chi connectivity index (χ0) is 14.5. The number of imide groups is 1. The lowest BCUT2D eigenvalue weighted by molar-refractivity contribution is 0.0648. The standard InChI is InChI=1S/C16H19NO3/c1-15(2)16(3,20-15)9-6-10-17-13(18)11-7-4-5-8-12(11)14(17)19/h4-5,7-8H,6,9-10H2,1-3H3. The maximum Gasteiger partial charge on any atom is 0.261 e. The SMILES string of the molecule is CC1(C)OC1(C)CCCN1C(=O)c2ccccc2C1=O. The highest BCUT2D eigenvalue weighted by Gasteiger charge is 2.59. The molecule has 3 rings (SSSR count). The molecular weight excluding hydrogens is 254 g/mol. The van der Waals surface area contributed by atoms with Gasteiger partial charge < -0.3 is 4.74 Å². The first-order valence-corrected chi connectivity index (χ1v) is 7.01. The molecule has 0 N–H and O–H groups in total. The van der Waals surface area contributed by atoms with Crippen LogP contribution in [0.3, 0.4) is 0 Å². The Labute approximate surface area is 118 Å². The van der Waals surface area contributed by atoms with Crippen molar-refractivity contribution in [2.45, 2.75) is 44.8 Å². The second-order valence-electron chi connectivity index (χ2n) is 6.25. The third-order valence-corrected chi connectivity index (χ3v) is 4.63. The summed E-state index contributed by atoms with van der Waals surface area (Å²) in [5.74, 6) is -0.349. The molecule has 1 aromatic carbocycles. The molecule has 1 fully saturated rings. The molecule has 1 atom stereocenters. The van der Waals surface area contributed by atoms with Crippen LogP contribution in [0.4, 0.5) is 0 Å². The zero-order valence-corrected chi connectivity index (χ0v) is 12.1. The van der Waals surface area contributed by atoms with Gasteiger partial charge in [0.25, 0.3) is 11.8 Å². The summed E-state index contributed by atoms with van der Waals surface area (Å²) in [6, 6.07) is 7.00. The van der Waals surface area contributed by atoms with E-state index in [2.05, 4.69) is 20.8 Å². The molecule has 1 aromatic rings. The lowest BCUT2D eigenvalue weighted by Gasteiger charge is -2.15. The summed E-state index contributed by atoms with van der Waals surface area (Å²) in [5.41, 5.74) is 0.833. The molecule has 4 heteroatoms. The fourth-order valence-electron chi connectivity index (χ4n) is 2.91. The second kappa shape index (κ2) is 4.16. The number of hydrogen-bond donors (Lipinski definition) is 0. The van der Waals surface area contributed by atoms with Crippen LogP contribution in [0.1, 0.15) is 54.3 Å². The van der Waals surface area contributed by atoms with Crippen LogP contribution in [0.15, 0.2) is 24.3 Å². The van der Waals surface area contributed by atoms with E-state index in [4.69, 9.17) is 4.74 Å². The van der Waals surface area contributed by atoms with Crippen molar-refractivity contribution in [2.24, 2.45) is 0 Å². The van der Waals surface area contributed by atoms with E-state index in [1.807, 2.05) is 0 Å². The number of hydrogen-bond acceptors (Lipinski definition) is 3. The van der Waals surface area contributed by atoms with Crippen LogP contribution in [-0.2, 0) is 4.74 Å². The number of amides is 2. The first kappa shape index (κ1) is 13.3. The van der Waals surface area contributed by atoms with E-state index in [1.54, 1.807) is 24.3 Å². The number of carbonyl (C=O) groups excluding carboxylic acids is 2. The zero-order valence-electron chi connectivity index (χ0n) is 12.1. The van der Waals surface area contributed by atoms with Crippen molar-refractivity contribution in [3.63, 3.8) is 0 Å². The third-order valence-electron chi connectivity index (χ3n) is 4.63. The topological polar surface area (TPSA) is 49.9 Å². The van der Waals surface area contributed by atoms with Gasteiger partial charge in [0.05, 0.1) is 22.3 Å². The Balaban J connectivity index is 1.63. The Morgan fingerprint density at radius 2 is 1.55 bits per heavy atom. The molecule has 2 aliphatic rings. The molecule has 0 aromatic heterocycles. The highest BCUT2D eigenvalue weighted by molar-refractivity contribution is 6.21. The van der Waals surface area contributed by atoms with Crippen LogP contribution in [0.2, 0.25) is 0 Å². The highest BCUT2D eigenvalue weighted by Crippen LogP contribution is 2.50. The molecule has 0 bridgehead atoms. The van der Waals surface area contributed by atoms with Gasteiger partial charge in [0, 0.05) is 6.54 Å². The number of carbonyl (C=O) groups is 2. The monoisotopic (exact) mass is 273 g/mol. The van der Waals surface area contributed by atoms with Crippen molar-refractivity contribution in [3.8, 4) is 0 Å². The highest BCUT2D eigenvalue weighted by atomic mass is 16.6. The summed E-state index contributed by atoms with van der Waals surface area (Å²) in [6.07, 6.45) is 1.62. The largest absolute Gasteiger partial charge is 0.363 e. The van der Waals surface area contributed by atoms with Crippen molar-refractivity contribution in [2.75, 3.05) is 6.54 Å². The molecule has 1 saturated heterocycles. The predicted molar refractivity (Wildman–Crippen MR) is 74.6 cm³/mol. The minimum Gasteiger partial charge on any atom is -0.363 e. The molecule has 106 valence electrons. The number of rotatable bonds is 4. The molecule has 2 heterocycles. The van der Waals surface area contributed by atoms with Gasteiger partial charge in [0.1, 0.15) is 0 Å².